The SMILES string of the molecule is COCCN(CC(=O)O)C(=O)N(C)CC1CC1. The number of amides is 2. The molecule has 1 rings (SSSR count). The molecule has 17 heavy (non-hydrogen) atoms. The first-order chi connectivity index (χ1) is 8.04. The predicted molar refractivity (Wildman–Crippen MR) is 61.8 cm³/mol. The fourth-order valence-electron chi connectivity index (χ4n) is 1.61. The van der Waals surface area contributed by atoms with Gasteiger partial charge in [0.2, 0.25) is 0 Å². The van der Waals surface area contributed by atoms with Crippen molar-refractivity contribution in [2.75, 3.05) is 40.4 Å². The van der Waals surface area contributed by atoms with Crippen molar-refractivity contribution < 1.29 is 19.4 Å². The second-order valence-electron chi connectivity index (χ2n) is 4.41. The van der Waals surface area contributed by atoms with Crippen molar-refractivity contribution in [1.29, 1.82) is 0 Å². The highest BCUT2D eigenvalue weighted by atomic mass is 16.5. The molecule has 98 valence electrons. The minimum absolute atomic E-state index is 0.239. The maximum absolute atomic E-state index is 12.0. The van der Waals surface area contributed by atoms with Gasteiger partial charge in [0.15, 0.2) is 0 Å². The third-order valence-electron chi connectivity index (χ3n) is 2.72. The number of carboxylic acid groups (broad SMARTS) is 1. The van der Waals surface area contributed by atoms with Gasteiger partial charge in [-0.05, 0) is 18.8 Å². The van der Waals surface area contributed by atoms with E-state index in [1.54, 1.807) is 11.9 Å². The van der Waals surface area contributed by atoms with Gasteiger partial charge in [-0.25, -0.2) is 4.79 Å². The summed E-state index contributed by atoms with van der Waals surface area (Å²) in [4.78, 5) is 25.6. The van der Waals surface area contributed by atoms with Gasteiger partial charge in [-0.1, -0.05) is 0 Å². The van der Waals surface area contributed by atoms with Crippen LogP contribution in [-0.4, -0.2) is 67.3 Å². The molecule has 0 heterocycles. The Balaban J connectivity index is 2.46. The molecule has 0 aliphatic heterocycles. The number of hydrogen-bond donors (Lipinski definition) is 1. The lowest BCUT2D eigenvalue weighted by molar-refractivity contribution is -0.137. The Kier molecular flexibility index (Phi) is 5.21. The number of carbonyl (C=O) groups excluding carboxylic acids is 1. The van der Waals surface area contributed by atoms with Crippen molar-refractivity contribution in [2.24, 2.45) is 5.92 Å². The number of ether oxygens (including phenoxy) is 1. The lowest BCUT2D eigenvalue weighted by Gasteiger charge is -2.26. The number of nitrogens with zero attached hydrogens (tertiary/aromatic N) is 2. The number of aliphatic carboxylic acids is 1. The molecular formula is C11H20N2O4. The first-order valence-electron chi connectivity index (χ1n) is 5.75. The zero-order chi connectivity index (χ0) is 12.8. The second kappa shape index (κ2) is 6.44. The summed E-state index contributed by atoms with van der Waals surface area (Å²) in [5.74, 6) is -0.410. The summed E-state index contributed by atoms with van der Waals surface area (Å²) >= 11 is 0. The summed E-state index contributed by atoms with van der Waals surface area (Å²) in [5, 5.41) is 8.75. The van der Waals surface area contributed by atoms with E-state index in [0.29, 0.717) is 25.6 Å². The molecule has 1 N–H and O–H groups in total. The molecule has 0 aromatic carbocycles. The quantitative estimate of drug-likeness (QED) is 0.707. The van der Waals surface area contributed by atoms with Crippen LogP contribution in [0.4, 0.5) is 4.79 Å². The van der Waals surface area contributed by atoms with Crippen molar-refractivity contribution >= 4 is 12.0 Å². The van der Waals surface area contributed by atoms with Crippen LogP contribution < -0.4 is 0 Å². The highest BCUT2D eigenvalue weighted by Crippen LogP contribution is 2.29. The summed E-state index contributed by atoms with van der Waals surface area (Å²) in [5.41, 5.74) is 0. The zero-order valence-corrected chi connectivity index (χ0v) is 10.4. The summed E-state index contributed by atoms with van der Waals surface area (Å²) < 4.78 is 4.87. The number of hydrogen-bond acceptors (Lipinski definition) is 3. The molecule has 1 aliphatic carbocycles. The third-order valence-corrected chi connectivity index (χ3v) is 2.72. The molecule has 0 aromatic rings. The molecule has 6 heteroatoms. The van der Waals surface area contributed by atoms with Crippen LogP contribution in [0, 0.1) is 5.92 Å². The molecule has 1 fully saturated rings. The number of rotatable bonds is 7. The molecule has 6 nitrogen and oxygen atoms in total. The number of carboxylic acids is 1. The van der Waals surface area contributed by atoms with E-state index in [0.717, 1.165) is 12.8 Å². The topological polar surface area (TPSA) is 70.1 Å². The highest BCUT2D eigenvalue weighted by Gasteiger charge is 2.27. The molecule has 0 saturated heterocycles. The van der Waals surface area contributed by atoms with Crippen molar-refractivity contribution in [3.8, 4) is 0 Å². The van der Waals surface area contributed by atoms with E-state index < -0.39 is 5.97 Å². The van der Waals surface area contributed by atoms with Crippen molar-refractivity contribution in [3.05, 3.63) is 0 Å². The van der Waals surface area contributed by atoms with Crippen molar-refractivity contribution in [3.63, 3.8) is 0 Å². The summed E-state index contributed by atoms with van der Waals surface area (Å²) in [7, 11) is 3.24. The van der Waals surface area contributed by atoms with Crippen LogP contribution in [0.15, 0.2) is 0 Å². The molecule has 0 unspecified atom stereocenters. The van der Waals surface area contributed by atoms with Gasteiger partial charge < -0.3 is 19.6 Å². The van der Waals surface area contributed by atoms with Crippen LogP contribution in [0.3, 0.4) is 0 Å². The van der Waals surface area contributed by atoms with Gasteiger partial charge in [0.1, 0.15) is 6.54 Å². The molecule has 0 atom stereocenters. The van der Waals surface area contributed by atoms with Crippen LogP contribution >= 0.6 is 0 Å². The Morgan fingerprint density at radius 2 is 2.06 bits per heavy atom. The van der Waals surface area contributed by atoms with Gasteiger partial charge in [-0.15, -0.1) is 0 Å². The lowest BCUT2D eigenvalue weighted by atomic mass is 10.4. The molecule has 1 saturated carbocycles. The van der Waals surface area contributed by atoms with E-state index in [2.05, 4.69) is 0 Å². The lowest BCUT2D eigenvalue weighted by Crippen LogP contribution is -2.45. The van der Waals surface area contributed by atoms with Crippen LogP contribution in [0.5, 0.6) is 0 Å². The standard InChI is InChI=1S/C11H20N2O4/c1-12(7-9-3-4-9)11(16)13(5-6-17-2)8-10(14)15/h9H,3-8H2,1-2H3,(H,14,15). The normalized spacial score (nSPS) is 14.5. The fourth-order valence-corrected chi connectivity index (χ4v) is 1.61. The van der Waals surface area contributed by atoms with E-state index in [1.165, 1.54) is 12.0 Å². The smallest absolute Gasteiger partial charge is 0.323 e. The molecule has 0 aromatic heterocycles. The molecule has 2 amide bonds. The third kappa shape index (κ3) is 5.04. The maximum Gasteiger partial charge on any atom is 0.323 e. The Hall–Kier alpha value is -1.30. The first-order valence-corrected chi connectivity index (χ1v) is 5.75. The van der Waals surface area contributed by atoms with Gasteiger partial charge in [-0.3, -0.25) is 4.79 Å². The number of urea groups is 1. The van der Waals surface area contributed by atoms with Gasteiger partial charge in [0, 0.05) is 27.2 Å². The monoisotopic (exact) mass is 244 g/mol. The molecular weight excluding hydrogens is 224 g/mol. The average molecular weight is 244 g/mol. The van der Waals surface area contributed by atoms with Gasteiger partial charge in [0.05, 0.1) is 6.61 Å². The first kappa shape index (κ1) is 13.8. The summed E-state index contributed by atoms with van der Waals surface area (Å²) in [6.07, 6.45) is 2.32. The Morgan fingerprint density at radius 3 is 2.53 bits per heavy atom. The minimum Gasteiger partial charge on any atom is -0.480 e. The summed E-state index contributed by atoms with van der Waals surface area (Å²) in [6, 6.07) is -0.239. The van der Waals surface area contributed by atoms with E-state index in [-0.39, 0.29) is 12.6 Å². The average Bonchev–Trinajstić information content (AvgIpc) is 3.06. The Bertz CT molecular complexity index is 279. The second-order valence-corrected chi connectivity index (χ2v) is 4.41. The van der Waals surface area contributed by atoms with Gasteiger partial charge in [-0.2, -0.15) is 0 Å². The Morgan fingerprint density at radius 1 is 1.41 bits per heavy atom. The molecule has 0 radical (unpaired) electrons. The zero-order valence-electron chi connectivity index (χ0n) is 10.4. The van der Waals surface area contributed by atoms with Gasteiger partial charge >= 0.3 is 12.0 Å². The maximum atomic E-state index is 12.0. The number of methoxy groups -OCH3 is 1. The van der Waals surface area contributed by atoms with Crippen LogP contribution in [0.1, 0.15) is 12.8 Å². The largest absolute Gasteiger partial charge is 0.480 e. The van der Waals surface area contributed by atoms with Gasteiger partial charge in [0.25, 0.3) is 0 Å². The van der Waals surface area contributed by atoms with Crippen LogP contribution in [0.25, 0.3) is 0 Å². The van der Waals surface area contributed by atoms with Crippen LogP contribution in [0.2, 0.25) is 0 Å². The summed E-state index contributed by atoms with van der Waals surface area (Å²) in [6.45, 7) is 1.08. The molecule has 0 spiro atoms. The minimum atomic E-state index is -1.01. The van der Waals surface area contributed by atoms with Crippen molar-refractivity contribution in [1.82, 2.24) is 9.80 Å². The highest BCUT2D eigenvalue weighted by molar-refractivity contribution is 5.80. The predicted octanol–water partition coefficient (Wildman–Crippen LogP) is 0.481. The fraction of sp³-hybridized carbons (Fsp3) is 0.818. The number of carbonyl (C=O) groups is 2. The molecule has 0 bridgehead atoms. The Labute approximate surface area is 101 Å². The molecule has 1 aliphatic rings. The van der Waals surface area contributed by atoms with E-state index in [4.69, 9.17) is 9.84 Å². The van der Waals surface area contributed by atoms with E-state index in [1.807, 2.05) is 0 Å². The van der Waals surface area contributed by atoms with Crippen molar-refractivity contribution in [2.45, 2.75) is 12.8 Å². The van der Waals surface area contributed by atoms with E-state index in [9.17, 15) is 9.59 Å². The van der Waals surface area contributed by atoms with E-state index >= 15 is 0 Å². The van der Waals surface area contributed by atoms with Crippen LogP contribution in [-0.2, 0) is 9.53 Å².